The molecule has 0 saturated carbocycles. The second-order valence-corrected chi connectivity index (χ2v) is 14.3. The second-order valence-electron chi connectivity index (χ2n) is 14.3. The lowest BCUT2D eigenvalue weighted by Crippen LogP contribution is -2.41. The molecule has 284 valence electrons. The number of carbonyl (C=O) groups is 3. The standard InChI is InChI=1S/C45H42N4O7/c1-29-40(25-48-28-46-37-15-5-6-16-39(37)48)55-44(56-42(29)33-19-17-30(26-50)18-20-33)36-14-8-13-35(22-36)34-12-7-11-32(21-34)24-49-41(51)23-38(43(49)52)47-45(53)54-27-31-9-3-2-4-10-31/h2-22,28-29,38,40,42,44,50H,23-27H2,1H3,(H,47,53). The molecular formula is C45H42N4O7. The Balaban J connectivity index is 0.987. The van der Waals surface area contributed by atoms with E-state index in [1.54, 1.807) is 0 Å². The van der Waals surface area contributed by atoms with E-state index in [1.807, 2.05) is 128 Å². The first-order valence-electron chi connectivity index (χ1n) is 18.7. The highest BCUT2D eigenvalue weighted by molar-refractivity contribution is 6.06. The Morgan fingerprint density at radius 2 is 1.55 bits per heavy atom. The van der Waals surface area contributed by atoms with Crippen molar-refractivity contribution in [3.05, 3.63) is 162 Å². The number of fused-ring (bicyclic) bond motifs is 1. The fraction of sp³-hybridized carbons (Fsp3) is 0.244. The number of likely N-dealkylation sites (tertiary alicyclic amines) is 1. The Bertz CT molecular complexity index is 2340. The van der Waals surface area contributed by atoms with Gasteiger partial charge in [0, 0.05) is 11.5 Å². The van der Waals surface area contributed by atoms with Gasteiger partial charge in [0.1, 0.15) is 12.6 Å². The maximum Gasteiger partial charge on any atom is 0.408 e. The minimum Gasteiger partial charge on any atom is -0.445 e. The highest BCUT2D eigenvalue weighted by Crippen LogP contribution is 2.43. The van der Waals surface area contributed by atoms with Crippen molar-refractivity contribution in [1.82, 2.24) is 19.8 Å². The van der Waals surface area contributed by atoms with E-state index in [0.717, 1.165) is 50.0 Å². The van der Waals surface area contributed by atoms with Crippen LogP contribution in [0.5, 0.6) is 0 Å². The van der Waals surface area contributed by atoms with Gasteiger partial charge < -0.3 is 29.2 Å². The summed E-state index contributed by atoms with van der Waals surface area (Å²) in [6, 6.07) is 39.8. The van der Waals surface area contributed by atoms with Gasteiger partial charge in [-0.3, -0.25) is 14.5 Å². The summed E-state index contributed by atoms with van der Waals surface area (Å²) < 4.78 is 20.9. The van der Waals surface area contributed by atoms with Crippen LogP contribution in [-0.2, 0) is 50.1 Å². The Morgan fingerprint density at radius 1 is 0.821 bits per heavy atom. The highest BCUT2D eigenvalue weighted by atomic mass is 16.7. The number of amides is 3. The van der Waals surface area contributed by atoms with Crippen LogP contribution < -0.4 is 5.32 Å². The van der Waals surface area contributed by atoms with Crippen molar-refractivity contribution in [2.45, 2.75) is 64.2 Å². The molecular weight excluding hydrogens is 709 g/mol. The first-order valence-corrected chi connectivity index (χ1v) is 18.7. The molecule has 56 heavy (non-hydrogen) atoms. The van der Waals surface area contributed by atoms with Gasteiger partial charge in [-0.15, -0.1) is 0 Å². The summed E-state index contributed by atoms with van der Waals surface area (Å²) in [5.74, 6) is -0.855. The van der Waals surface area contributed by atoms with Crippen molar-refractivity contribution < 1.29 is 33.7 Å². The number of alkyl carbamates (subject to hydrolysis) is 1. The molecule has 5 unspecified atom stereocenters. The normalized spacial score (nSPS) is 21.0. The second kappa shape index (κ2) is 16.3. The first kappa shape index (κ1) is 36.8. The number of carbonyl (C=O) groups excluding carboxylic acids is 3. The van der Waals surface area contributed by atoms with Gasteiger partial charge >= 0.3 is 6.09 Å². The molecule has 1 aromatic heterocycles. The van der Waals surface area contributed by atoms with E-state index >= 15 is 0 Å². The summed E-state index contributed by atoms with van der Waals surface area (Å²) in [4.78, 5) is 44.5. The van der Waals surface area contributed by atoms with Gasteiger partial charge in [-0.2, -0.15) is 0 Å². The number of aromatic nitrogens is 2. The zero-order chi connectivity index (χ0) is 38.6. The molecule has 2 N–H and O–H groups in total. The number of para-hydroxylation sites is 2. The third-order valence-corrected chi connectivity index (χ3v) is 10.5. The molecule has 2 aliphatic heterocycles. The van der Waals surface area contributed by atoms with E-state index in [9.17, 15) is 19.5 Å². The van der Waals surface area contributed by atoms with Crippen LogP contribution in [0.3, 0.4) is 0 Å². The summed E-state index contributed by atoms with van der Waals surface area (Å²) >= 11 is 0. The SMILES string of the molecule is CC1C(Cn2cnc3ccccc32)OC(c2cccc(-c3cccc(CN4C(=O)CC(NC(=O)OCc5ccccc5)C4=O)c3)c2)OC1c1ccc(CO)cc1. The third kappa shape index (κ3) is 7.97. The van der Waals surface area contributed by atoms with Crippen molar-refractivity contribution >= 4 is 28.9 Å². The number of benzene rings is 5. The van der Waals surface area contributed by atoms with Gasteiger partial charge in [-0.1, -0.05) is 110 Å². The maximum atomic E-state index is 13.3. The number of imide groups is 1. The topological polar surface area (TPSA) is 132 Å². The van der Waals surface area contributed by atoms with Crippen molar-refractivity contribution in [2.24, 2.45) is 5.92 Å². The Kier molecular flexibility index (Phi) is 10.7. The Labute approximate surface area is 324 Å². The van der Waals surface area contributed by atoms with Crippen LogP contribution in [0, 0.1) is 5.92 Å². The highest BCUT2D eigenvalue weighted by Gasteiger charge is 2.40. The van der Waals surface area contributed by atoms with Crippen molar-refractivity contribution in [3.63, 3.8) is 0 Å². The largest absolute Gasteiger partial charge is 0.445 e. The lowest BCUT2D eigenvalue weighted by molar-refractivity contribution is -0.276. The molecule has 0 aliphatic carbocycles. The van der Waals surface area contributed by atoms with Gasteiger partial charge in [-0.05, 0) is 57.6 Å². The number of hydrogen-bond donors (Lipinski definition) is 2. The Morgan fingerprint density at radius 3 is 2.36 bits per heavy atom. The van der Waals surface area contributed by atoms with Gasteiger partial charge in [0.2, 0.25) is 5.91 Å². The molecule has 11 heteroatoms. The van der Waals surface area contributed by atoms with Crippen LogP contribution >= 0.6 is 0 Å². The molecule has 2 aliphatic rings. The lowest BCUT2D eigenvalue weighted by atomic mass is 9.90. The van der Waals surface area contributed by atoms with E-state index in [0.29, 0.717) is 6.54 Å². The Hall–Kier alpha value is -6.14. The molecule has 2 saturated heterocycles. The smallest absolute Gasteiger partial charge is 0.408 e. The van der Waals surface area contributed by atoms with Crippen LogP contribution in [-0.4, -0.2) is 49.6 Å². The fourth-order valence-electron chi connectivity index (χ4n) is 7.44. The van der Waals surface area contributed by atoms with Crippen LogP contribution in [0.25, 0.3) is 22.2 Å². The monoisotopic (exact) mass is 750 g/mol. The van der Waals surface area contributed by atoms with E-state index in [1.165, 1.54) is 4.90 Å². The molecule has 3 amide bonds. The van der Waals surface area contributed by atoms with Gasteiger partial charge in [0.25, 0.3) is 5.91 Å². The van der Waals surface area contributed by atoms with E-state index in [-0.39, 0.29) is 50.2 Å². The molecule has 0 radical (unpaired) electrons. The number of hydrogen-bond acceptors (Lipinski definition) is 8. The number of aliphatic hydroxyl groups is 1. The average molecular weight is 751 g/mol. The minimum absolute atomic E-state index is 0.0157. The number of nitrogens with zero attached hydrogens (tertiary/aromatic N) is 3. The minimum atomic E-state index is -0.989. The molecule has 11 nitrogen and oxygen atoms in total. The van der Waals surface area contributed by atoms with Crippen LogP contribution in [0.4, 0.5) is 4.79 Å². The van der Waals surface area contributed by atoms with Crippen molar-refractivity contribution in [1.29, 1.82) is 0 Å². The summed E-state index contributed by atoms with van der Waals surface area (Å²) in [5, 5.41) is 12.2. The molecule has 2 fully saturated rings. The summed E-state index contributed by atoms with van der Waals surface area (Å²) in [5.41, 5.74) is 8.01. The summed E-state index contributed by atoms with van der Waals surface area (Å²) in [6.07, 6.45) is -0.221. The van der Waals surface area contributed by atoms with E-state index in [4.69, 9.17) is 14.2 Å². The van der Waals surface area contributed by atoms with Crippen LogP contribution in [0.15, 0.2) is 134 Å². The molecule has 0 spiro atoms. The third-order valence-electron chi connectivity index (χ3n) is 10.5. The maximum absolute atomic E-state index is 13.3. The van der Waals surface area contributed by atoms with E-state index < -0.39 is 24.3 Å². The van der Waals surface area contributed by atoms with Gasteiger partial charge in [0.15, 0.2) is 6.29 Å². The zero-order valence-corrected chi connectivity index (χ0v) is 30.9. The number of ether oxygens (including phenoxy) is 3. The van der Waals surface area contributed by atoms with Crippen LogP contribution in [0.2, 0.25) is 0 Å². The first-order chi connectivity index (χ1) is 27.3. The molecule has 5 aromatic carbocycles. The predicted molar refractivity (Wildman–Crippen MR) is 208 cm³/mol. The molecule has 6 aromatic rings. The number of rotatable bonds is 11. The fourth-order valence-corrected chi connectivity index (χ4v) is 7.44. The average Bonchev–Trinajstić information content (AvgIpc) is 3.76. The van der Waals surface area contributed by atoms with Crippen LogP contribution in [0.1, 0.15) is 53.6 Å². The van der Waals surface area contributed by atoms with E-state index in [2.05, 4.69) is 27.9 Å². The van der Waals surface area contributed by atoms with Gasteiger partial charge in [0.05, 0.1) is 55.7 Å². The lowest BCUT2D eigenvalue weighted by Gasteiger charge is -2.41. The zero-order valence-electron chi connectivity index (χ0n) is 30.9. The van der Waals surface area contributed by atoms with Gasteiger partial charge in [-0.25, -0.2) is 9.78 Å². The number of imidazole rings is 1. The summed E-state index contributed by atoms with van der Waals surface area (Å²) in [6.45, 7) is 2.80. The predicted octanol–water partition coefficient (Wildman–Crippen LogP) is 7.24. The summed E-state index contributed by atoms with van der Waals surface area (Å²) in [7, 11) is 0. The molecule has 3 heterocycles. The number of aliphatic hydroxyl groups excluding tert-OH is 1. The number of nitrogens with one attached hydrogen (secondary N) is 1. The van der Waals surface area contributed by atoms with Crippen molar-refractivity contribution in [3.8, 4) is 11.1 Å². The molecule has 8 rings (SSSR count). The van der Waals surface area contributed by atoms with Crippen molar-refractivity contribution in [2.75, 3.05) is 0 Å². The molecule has 0 bridgehead atoms. The molecule has 5 atom stereocenters. The quantitative estimate of drug-likeness (QED) is 0.133.